The molecule has 0 saturated carbocycles. The van der Waals surface area contributed by atoms with Crippen LogP contribution < -0.4 is 5.73 Å². The molecule has 7 nitrogen and oxygen atoms in total. The SMILES string of the molecule is Nc1c(/N=N/c2ccc(-c3csc4ccccc34)nc2)cc(S(=O)(=O)O)c2ccccc12. The standard InChI is InChI=1S/C23H16N4O3S2/c24-23-17-7-2-1-6-16(17)22(32(28,29)30)11-20(23)27-26-14-9-10-19(25-12-14)18-13-31-21-8-4-3-5-15(18)21/h1-13H,24H2,(H,28,29,30)/b27-26+. The van der Waals surface area contributed by atoms with E-state index in [2.05, 4.69) is 32.7 Å². The molecule has 0 aliphatic carbocycles. The maximum absolute atomic E-state index is 11.9. The summed E-state index contributed by atoms with van der Waals surface area (Å²) in [6.45, 7) is 0. The molecule has 0 saturated heterocycles. The molecule has 0 fully saturated rings. The molecule has 0 atom stereocenters. The van der Waals surface area contributed by atoms with Crippen LogP contribution in [0.1, 0.15) is 0 Å². The van der Waals surface area contributed by atoms with Crippen molar-refractivity contribution >= 4 is 59.4 Å². The van der Waals surface area contributed by atoms with Crippen molar-refractivity contribution in [1.29, 1.82) is 0 Å². The molecule has 3 N–H and O–H groups in total. The summed E-state index contributed by atoms with van der Waals surface area (Å²) in [7, 11) is -4.47. The van der Waals surface area contributed by atoms with Crippen LogP contribution in [0, 0.1) is 0 Å². The number of hydrogen-bond acceptors (Lipinski definition) is 7. The van der Waals surface area contributed by atoms with Crippen molar-refractivity contribution in [1.82, 2.24) is 4.98 Å². The topological polar surface area (TPSA) is 118 Å². The van der Waals surface area contributed by atoms with E-state index >= 15 is 0 Å². The number of benzene rings is 3. The van der Waals surface area contributed by atoms with E-state index in [0.717, 1.165) is 16.6 Å². The Morgan fingerprint density at radius 1 is 0.906 bits per heavy atom. The number of nitrogens with zero attached hydrogens (tertiary/aromatic N) is 3. The zero-order chi connectivity index (χ0) is 22.3. The molecule has 2 aromatic heterocycles. The molecule has 3 aromatic carbocycles. The Labute approximate surface area is 187 Å². The van der Waals surface area contributed by atoms with Crippen LogP contribution in [0.3, 0.4) is 0 Å². The Morgan fingerprint density at radius 2 is 1.62 bits per heavy atom. The van der Waals surface area contributed by atoms with Gasteiger partial charge >= 0.3 is 0 Å². The zero-order valence-electron chi connectivity index (χ0n) is 16.5. The van der Waals surface area contributed by atoms with E-state index in [4.69, 9.17) is 5.73 Å². The summed E-state index contributed by atoms with van der Waals surface area (Å²) in [5, 5.41) is 12.3. The zero-order valence-corrected chi connectivity index (χ0v) is 18.1. The average Bonchev–Trinajstić information content (AvgIpc) is 3.22. The maximum atomic E-state index is 11.9. The van der Waals surface area contributed by atoms with E-state index in [1.54, 1.807) is 47.9 Å². The highest BCUT2D eigenvalue weighted by atomic mass is 32.2. The van der Waals surface area contributed by atoms with Gasteiger partial charge in [0.25, 0.3) is 10.1 Å². The average molecular weight is 461 g/mol. The number of fused-ring (bicyclic) bond motifs is 2. The molecule has 0 radical (unpaired) electrons. The lowest BCUT2D eigenvalue weighted by atomic mass is 10.1. The highest BCUT2D eigenvalue weighted by Gasteiger charge is 2.18. The minimum atomic E-state index is -4.47. The van der Waals surface area contributed by atoms with Crippen molar-refractivity contribution in [2.45, 2.75) is 4.90 Å². The fourth-order valence-corrected chi connectivity index (χ4v) is 5.21. The van der Waals surface area contributed by atoms with E-state index in [1.165, 1.54) is 10.8 Å². The Hall–Kier alpha value is -3.66. The summed E-state index contributed by atoms with van der Waals surface area (Å²) >= 11 is 1.66. The number of thiophene rings is 1. The molecule has 2 heterocycles. The minimum Gasteiger partial charge on any atom is -0.396 e. The van der Waals surface area contributed by atoms with Gasteiger partial charge in [-0.05, 0) is 24.3 Å². The van der Waals surface area contributed by atoms with Gasteiger partial charge in [0.15, 0.2) is 0 Å². The Kier molecular flexibility index (Phi) is 4.93. The van der Waals surface area contributed by atoms with Crippen LogP contribution in [0.2, 0.25) is 0 Å². The second-order valence-electron chi connectivity index (χ2n) is 7.08. The largest absolute Gasteiger partial charge is 0.396 e. The van der Waals surface area contributed by atoms with Crippen LogP contribution in [-0.4, -0.2) is 18.0 Å². The quantitative estimate of drug-likeness (QED) is 0.184. The molecule has 0 aliphatic rings. The summed E-state index contributed by atoms with van der Waals surface area (Å²) < 4.78 is 34.5. The molecule has 32 heavy (non-hydrogen) atoms. The second kappa shape index (κ2) is 7.79. The number of rotatable bonds is 4. The van der Waals surface area contributed by atoms with Crippen molar-refractivity contribution in [3.63, 3.8) is 0 Å². The lowest BCUT2D eigenvalue weighted by molar-refractivity contribution is 0.484. The van der Waals surface area contributed by atoms with Crippen molar-refractivity contribution in [3.05, 3.63) is 78.3 Å². The highest BCUT2D eigenvalue weighted by Crippen LogP contribution is 2.37. The van der Waals surface area contributed by atoms with Gasteiger partial charge in [-0.3, -0.25) is 9.54 Å². The van der Waals surface area contributed by atoms with Crippen LogP contribution in [0.25, 0.3) is 32.1 Å². The molecule has 0 unspecified atom stereocenters. The Morgan fingerprint density at radius 3 is 2.34 bits per heavy atom. The summed E-state index contributed by atoms with van der Waals surface area (Å²) in [6, 6.07) is 19.6. The maximum Gasteiger partial charge on any atom is 0.295 e. The van der Waals surface area contributed by atoms with E-state index in [1.807, 2.05) is 18.2 Å². The van der Waals surface area contributed by atoms with Gasteiger partial charge < -0.3 is 5.73 Å². The van der Waals surface area contributed by atoms with Crippen molar-refractivity contribution < 1.29 is 13.0 Å². The number of nitrogens with two attached hydrogens (primary N) is 1. The van der Waals surface area contributed by atoms with Gasteiger partial charge in [-0.15, -0.1) is 21.6 Å². The predicted molar refractivity (Wildman–Crippen MR) is 127 cm³/mol. The lowest BCUT2D eigenvalue weighted by Gasteiger charge is -2.09. The molecule has 5 rings (SSSR count). The summed E-state index contributed by atoms with van der Waals surface area (Å²) in [6.07, 6.45) is 1.59. The van der Waals surface area contributed by atoms with Crippen molar-refractivity contribution in [3.8, 4) is 11.3 Å². The molecule has 0 spiro atoms. The van der Waals surface area contributed by atoms with E-state index in [-0.39, 0.29) is 16.3 Å². The third kappa shape index (κ3) is 3.62. The van der Waals surface area contributed by atoms with Crippen molar-refractivity contribution in [2.24, 2.45) is 10.2 Å². The lowest BCUT2D eigenvalue weighted by Crippen LogP contribution is -2.01. The minimum absolute atomic E-state index is 0.143. The van der Waals surface area contributed by atoms with Crippen LogP contribution in [0.4, 0.5) is 17.1 Å². The number of nitrogen functional groups attached to an aromatic ring is 1. The van der Waals surface area contributed by atoms with Gasteiger partial charge in [-0.1, -0.05) is 42.5 Å². The van der Waals surface area contributed by atoms with Gasteiger partial charge in [-0.25, -0.2) is 0 Å². The van der Waals surface area contributed by atoms with E-state index < -0.39 is 10.1 Å². The van der Waals surface area contributed by atoms with E-state index in [0.29, 0.717) is 16.5 Å². The molecular formula is C23H16N4O3S2. The predicted octanol–water partition coefficient (Wildman–Crippen LogP) is 6.36. The highest BCUT2D eigenvalue weighted by molar-refractivity contribution is 7.86. The third-order valence-electron chi connectivity index (χ3n) is 5.08. The van der Waals surface area contributed by atoms with Gasteiger partial charge in [0.1, 0.15) is 16.3 Å². The second-order valence-corrected chi connectivity index (χ2v) is 9.38. The molecule has 0 amide bonds. The van der Waals surface area contributed by atoms with Crippen LogP contribution in [0.15, 0.2) is 93.4 Å². The summed E-state index contributed by atoms with van der Waals surface area (Å²) in [4.78, 5) is 4.23. The van der Waals surface area contributed by atoms with Crippen LogP contribution >= 0.6 is 11.3 Å². The molecule has 158 valence electrons. The number of aromatic nitrogens is 1. The first-order valence-electron chi connectivity index (χ1n) is 9.55. The van der Waals surface area contributed by atoms with Gasteiger partial charge in [-0.2, -0.15) is 8.42 Å². The number of pyridine rings is 1. The van der Waals surface area contributed by atoms with Crippen LogP contribution in [-0.2, 0) is 10.1 Å². The van der Waals surface area contributed by atoms with E-state index in [9.17, 15) is 13.0 Å². The fraction of sp³-hybridized carbons (Fsp3) is 0. The molecule has 5 aromatic rings. The molecule has 0 bridgehead atoms. The van der Waals surface area contributed by atoms with Gasteiger partial charge in [0, 0.05) is 31.8 Å². The molecular weight excluding hydrogens is 444 g/mol. The Balaban J connectivity index is 1.51. The van der Waals surface area contributed by atoms with Crippen molar-refractivity contribution in [2.75, 3.05) is 5.73 Å². The molecule has 9 heteroatoms. The number of azo groups is 1. The van der Waals surface area contributed by atoms with Gasteiger partial charge in [0.05, 0.1) is 17.6 Å². The molecule has 0 aliphatic heterocycles. The Bertz CT molecular complexity index is 1610. The third-order valence-corrected chi connectivity index (χ3v) is 6.94. The first kappa shape index (κ1) is 20.3. The smallest absolute Gasteiger partial charge is 0.295 e. The first-order valence-corrected chi connectivity index (χ1v) is 11.9. The number of hydrogen-bond donors (Lipinski definition) is 2. The summed E-state index contributed by atoms with van der Waals surface area (Å²) in [5.41, 5.74) is 8.95. The fourth-order valence-electron chi connectivity index (χ4n) is 3.54. The monoisotopic (exact) mass is 460 g/mol. The summed E-state index contributed by atoms with van der Waals surface area (Å²) in [5.74, 6) is 0. The normalized spacial score (nSPS) is 12.2. The number of anilines is 1. The van der Waals surface area contributed by atoms with Crippen LogP contribution in [0.5, 0.6) is 0 Å². The first-order chi connectivity index (χ1) is 15.4. The van der Waals surface area contributed by atoms with Gasteiger partial charge in [0.2, 0.25) is 0 Å².